The largest absolute Gasteiger partial charge is 0.438 e. The Hall–Kier alpha value is -4.03. The average Bonchev–Trinajstić information content (AvgIpc) is 3.21. The van der Waals surface area contributed by atoms with Crippen LogP contribution in [0.1, 0.15) is 106 Å². The normalized spacial score (nSPS) is 23.5. The molecule has 0 bridgehead atoms. The number of nitrogens with zero attached hydrogens (tertiary/aromatic N) is 2. The average molecular weight is 763 g/mol. The summed E-state index contributed by atoms with van der Waals surface area (Å²) in [6, 6.07) is 23.7. The van der Waals surface area contributed by atoms with Crippen molar-refractivity contribution in [1.82, 2.24) is 9.80 Å². The van der Waals surface area contributed by atoms with Gasteiger partial charge < -0.3 is 39.7 Å². The zero-order valence-electron chi connectivity index (χ0n) is 32.3. The molecule has 3 aliphatic rings. The molecule has 2 aliphatic heterocycles. The molecule has 6 rings (SSSR count). The summed E-state index contributed by atoms with van der Waals surface area (Å²) in [7, 11) is 0. The first kappa shape index (κ1) is 42.1. The minimum Gasteiger partial charge on any atom is -0.438 e. The van der Waals surface area contributed by atoms with E-state index in [0.717, 1.165) is 29.5 Å². The van der Waals surface area contributed by atoms with Crippen LogP contribution in [0.25, 0.3) is 0 Å². The summed E-state index contributed by atoms with van der Waals surface area (Å²) >= 11 is 0. The van der Waals surface area contributed by atoms with Crippen LogP contribution in [0, 0.1) is 11.7 Å². The lowest BCUT2D eigenvalue weighted by atomic mass is 9.81. The van der Waals surface area contributed by atoms with Crippen molar-refractivity contribution in [3.8, 4) is 0 Å². The van der Waals surface area contributed by atoms with E-state index in [2.05, 4.69) is 6.92 Å². The third kappa shape index (κ3) is 10.4. The summed E-state index contributed by atoms with van der Waals surface area (Å²) in [5.41, 5.74) is 2.03. The van der Waals surface area contributed by atoms with Crippen molar-refractivity contribution in [1.29, 1.82) is 0 Å². The lowest BCUT2D eigenvalue weighted by Crippen LogP contribution is -2.53. The third-order valence-corrected chi connectivity index (χ3v) is 11.9. The standard InChI is InChI=1S/C23H29NO4.C21H30FNO4/c1-18(20-10-8-19(9-11-20)12-17-26)24-15-14-23(13-5-16-25,28-22(24)27)21-6-3-2-4-7-21;1-15(16-5-3-2-4-6-16)23-12-11-21(27-20(23)26,13-19(25)14-24)17-7-9-18(22)10-8-17/h2-4,6-11,18,25-26H,5,12-17H2,1H3;7-10,15-16,19,24-25H,2-6,11-14H2,1H3. The van der Waals surface area contributed by atoms with Crippen LogP contribution in [0.2, 0.25) is 0 Å². The van der Waals surface area contributed by atoms with Crippen molar-refractivity contribution >= 4 is 12.2 Å². The SMILES string of the molecule is CC(C1CCCCC1)N1CCC(CC(O)CO)(c2ccc(F)cc2)OC1=O.CC(c1ccc(CCO)cc1)N1CCC(CCCO)(c2ccccc2)OC1=O. The number of hydrogen-bond acceptors (Lipinski definition) is 8. The van der Waals surface area contributed by atoms with Crippen LogP contribution in [0.5, 0.6) is 0 Å². The molecule has 2 amide bonds. The second-order valence-corrected chi connectivity index (χ2v) is 15.4. The third-order valence-electron chi connectivity index (χ3n) is 11.9. The monoisotopic (exact) mass is 762 g/mol. The first-order chi connectivity index (χ1) is 26.5. The molecule has 3 fully saturated rings. The highest BCUT2D eigenvalue weighted by Gasteiger charge is 2.46. The zero-order valence-corrected chi connectivity index (χ0v) is 32.3. The number of aliphatic hydroxyl groups is 4. The van der Waals surface area contributed by atoms with E-state index in [9.17, 15) is 29.3 Å². The first-order valence-corrected chi connectivity index (χ1v) is 19.9. The number of carbonyl (C=O) groups is 2. The lowest BCUT2D eigenvalue weighted by Gasteiger charge is -2.46. The topological polar surface area (TPSA) is 140 Å². The Morgan fingerprint density at radius 2 is 1.36 bits per heavy atom. The van der Waals surface area contributed by atoms with E-state index in [1.54, 1.807) is 21.9 Å². The van der Waals surface area contributed by atoms with Gasteiger partial charge in [-0.15, -0.1) is 0 Å². The minimum atomic E-state index is -1.05. The van der Waals surface area contributed by atoms with Gasteiger partial charge in [-0.3, -0.25) is 0 Å². The molecule has 3 aromatic carbocycles. The predicted molar refractivity (Wildman–Crippen MR) is 208 cm³/mol. The number of aliphatic hydroxyl groups excluding tert-OH is 4. The van der Waals surface area contributed by atoms with E-state index in [1.807, 2.05) is 61.5 Å². The van der Waals surface area contributed by atoms with Gasteiger partial charge in [-0.1, -0.05) is 86.0 Å². The molecule has 5 atom stereocenters. The number of cyclic esters (lactones) is 2. The Morgan fingerprint density at radius 1 is 0.764 bits per heavy atom. The van der Waals surface area contributed by atoms with E-state index in [-0.39, 0.29) is 43.6 Å². The zero-order chi connectivity index (χ0) is 39.4. The molecule has 0 aromatic heterocycles. The van der Waals surface area contributed by atoms with Crippen molar-refractivity contribution in [2.45, 2.75) is 114 Å². The summed E-state index contributed by atoms with van der Waals surface area (Å²) in [5.74, 6) is 0.124. The summed E-state index contributed by atoms with van der Waals surface area (Å²) in [6.07, 6.45) is 7.33. The highest BCUT2D eigenvalue weighted by molar-refractivity contribution is 5.70. The van der Waals surface area contributed by atoms with Gasteiger partial charge in [0.2, 0.25) is 0 Å². The molecule has 55 heavy (non-hydrogen) atoms. The van der Waals surface area contributed by atoms with Crippen LogP contribution in [0.15, 0.2) is 78.9 Å². The van der Waals surface area contributed by atoms with E-state index < -0.39 is 30.0 Å². The van der Waals surface area contributed by atoms with Gasteiger partial charge >= 0.3 is 12.2 Å². The molecule has 1 saturated carbocycles. The van der Waals surface area contributed by atoms with Crippen LogP contribution in [-0.4, -0.2) is 87.5 Å². The molecule has 2 heterocycles. The van der Waals surface area contributed by atoms with Gasteiger partial charge in [0.25, 0.3) is 0 Å². The fourth-order valence-corrected chi connectivity index (χ4v) is 8.50. The van der Waals surface area contributed by atoms with E-state index >= 15 is 0 Å². The maximum atomic E-state index is 13.4. The van der Waals surface area contributed by atoms with Crippen molar-refractivity contribution in [3.63, 3.8) is 0 Å². The van der Waals surface area contributed by atoms with Crippen molar-refractivity contribution in [2.75, 3.05) is 32.9 Å². The number of carbonyl (C=O) groups excluding carboxylic acids is 2. The molecule has 0 radical (unpaired) electrons. The van der Waals surface area contributed by atoms with E-state index in [1.165, 1.54) is 31.4 Å². The van der Waals surface area contributed by atoms with Gasteiger partial charge in [0.15, 0.2) is 0 Å². The number of hydrogen-bond donors (Lipinski definition) is 4. The second kappa shape index (κ2) is 19.7. The molecule has 2 saturated heterocycles. The Bertz CT molecular complexity index is 1640. The van der Waals surface area contributed by atoms with Gasteiger partial charge in [0.05, 0.1) is 18.8 Å². The van der Waals surface area contributed by atoms with Crippen molar-refractivity contribution < 1.29 is 43.9 Å². The fourth-order valence-electron chi connectivity index (χ4n) is 8.50. The highest BCUT2D eigenvalue weighted by Crippen LogP contribution is 2.42. The van der Waals surface area contributed by atoms with Gasteiger partial charge in [-0.05, 0) is 86.3 Å². The van der Waals surface area contributed by atoms with E-state index in [4.69, 9.17) is 14.6 Å². The number of ether oxygens (including phenoxy) is 2. The minimum absolute atomic E-state index is 0.0758. The quantitative estimate of drug-likeness (QED) is 0.134. The summed E-state index contributed by atoms with van der Waals surface area (Å²) in [4.78, 5) is 29.4. The van der Waals surface area contributed by atoms with Crippen LogP contribution < -0.4 is 0 Å². The molecule has 3 aromatic rings. The number of benzene rings is 3. The number of rotatable bonds is 14. The summed E-state index contributed by atoms with van der Waals surface area (Å²) in [5, 5.41) is 37.7. The Labute approximate surface area is 324 Å². The molecular formula is C44H59FN2O8. The smallest absolute Gasteiger partial charge is 0.411 e. The number of amides is 2. The molecule has 11 heteroatoms. The molecule has 1 aliphatic carbocycles. The predicted octanol–water partition coefficient (Wildman–Crippen LogP) is 7.37. The van der Waals surface area contributed by atoms with Crippen molar-refractivity contribution in [3.05, 3.63) is 107 Å². The molecule has 0 spiro atoms. The second-order valence-electron chi connectivity index (χ2n) is 15.4. The molecule has 5 unspecified atom stereocenters. The lowest BCUT2D eigenvalue weighted by molar-refractivity contribution is -0.0929. The molecule has 10 nitrogen and oxygen atoms in total. The van der Waals surface area contributed by atoms with Crippen molar-refractivity contribution in [2.24, 2.45) is 5.92 Å². The summed E-state index contributed by atoms with van der Waals surface area (Å²) in [6.45, 7) is 5.00. The van der Waals surface area contributed by atoms with Gasteiger partial charge in [-0.2, -0.15) is 0 Å². The van der Waals surface area contributed by atoms with E-state index in [0.29, 0.717) is 56.7 Å². The molecular weight excluding hydrogens is 703 g/mol. The maximum Gasteiger partial charge on any atom is 0.411 e. The van der Waals surface area contributed by atoms with Gasteiger partial charge in [-0.25, -0.2) is 14.0 Å². The Kier molecular flexibility index (Phi) is 15.1. The molecule has 300 valence electrons. The van der Waals surface area contributed by atoms with Crippen LogP contribution in [0.3, 0.4) is 0 Å². The highest BCUT2D eigenvalue weighted by atomic mass is 19.1. The van der Waals surface area contributed by atoms with Crippen LogP contribution >= 0.6 is 0 Å². The fraction of sp³-hybridized carbons (Fsp3) is 0.545. The maximum absolute atomic E-state index is 13.4. The van der Waals surface area contributed by atoms with Gasteiger partial charge in [0, 0.05) is 51.6 Å². The Balaban J connectivity index is 0.000000211. The Morgan fingerprint density at radius 3 is 1.96 bits per heavy atom. The first-order valence-electron chi connectivity index (χ1n) is 19.9. The molecule has 4 N–H and O–H groups in total. The summed E-state index contributed by atoms with van der Waals surface area (Å²) < 4.78 is 25.3. The van der Waals surface area contributed by atoms with Crippen LogP contribution in [-0.2, 0) is 27.1 Å². The van der Waals surface area contributed by atoms with Gasteiger partial charge in [0.1, 0.15) is 17.0 Å². The van der Waals surface area contributed by atoms with Crippen LogP contribution in [0.4, 0.5) is 14.0 Å². The number of halogens is 1.